The third-order valence-corrected chi connectivity index (χ3v) is 3.53. The summed E-state index contributed by atoms with van der Waals surface area (Å²) in [4.78, 5) is 27.2. The SMILES string of the molecule is O=C(CCC(=O)c1c[nH]c2ccccc12)Nc1ccccc1. The van der Waals surface area contributed by atoms with E-state index in [2.05, 4.69) is 10.3 Å². The molecule has 4 nitrogen and oxygen atoms in total. The first-order valence-corrected chi connectivity index (χ1v) is 7.18. The number of hydrogen-bond donors (Lipinski definition) is 2. The number of benzene rings is 2. The second-order valence-electron chi connectivity index (χ2n) is 5.09. The summed E-state index contributed by atoms with van der Waals surface area (Å²) in [5.74, 6) is -0.181. The first-order chi connectivity index (χ1) is 10.7. The highest BCUT2D eigenvalue weighted by Gasteiger charge is 2.13. The normalized spacial score (nSPS) is 10.5. The molecule has 3 aromatic rings. The minimum Gasteiger partial charge on any atom is -0.360 e. The number of amides is 1. The lowest BCUT2D eigenvalue weighted by molar-refractivity contribution is -0.116. The smallest absolute Gasteiger partial charge is 0.224 e. The Morgan fingerprint density at radius 3 is 2.45 bits per heavy atom. The number of H-pyrrole nitrogens is 1. The summed E-state index contributed by atoms with van der Waals surface area (Å²) in [7, 11) is 0. The van der Waals surface area contributed by atoms with Gasteiger partial charge in [-0.1, -0.05) is 36.4 Å². The molecule has 0 atom stereocenters. The van der Waals surface area contributed by atoms with Crippen molar-refractivity contribution >= 4 is 28.3 Å². The van der Waals surface area contributed by atoms with E-state index in [-0.39, 0.29) is 24.5 Å². The van der Waals surface area contributed by atoms with E-state index in [0.717, 1.165) is 16.6 Å². The second-order valence-corrected chi connectivity index (χ2v) is 5.09. The number of aromatic amines is 1. The van der Waals surface area contributed by atoms with Gasteiger partial charge in [-0.2, -0.15) is 0 Å². The lowest BCUT2D eigenvalue weighted by Crippen LogP contribution is -2.13. The maximum atomic E-state index is 12.3. The van der Waals surface area contributed by atoms with Crippen LogP contribution in [-0.4, -0.2) is 16.7 Å². The summed E-state index contributed by atoms with van der Waals surface area (Å²) in [5, 5.41) is 3.68. The van der Waals surface area contributed by atoms with Gasteiger partial charge in [0.05, 0.1) is 0 Å². The summed E-state index contributed by atoms with van der Waals surface area (Å²) in [6, 6.07) is 16.9. The molecule has 0 aliphatic heterocycles. The van der Waals surface area contributed by atoms with Crippen LogP contribution in [0.15, 0.2) is 60.8 Å². The minimum absolute atomic E-state index is 0.0272. The number of anilines is 1. The number of ketones is 1. The largest absolute Gasteiger partial charge is 0.360 e. The van der Waals surface area contributed by atoms with Crippen molar-refractivity contribution in [3.8, 4) is 0 Å². The summed E-state index contributed by atoms with van der Waals surface area (Å²) in [6.07, 6.45) is 2.08. The molecule has 2 aromatic carbocycles. The number of carbonyl (C=O) groups is 2. The molecule has 1 amide bonds. The molecule has 110 valence electrons. The summed E-state index contributed by atoms with van der Waals surface area (Å²) >= 11 is 0. The maximum Gasteiger partial charge on any atom is 0.224 e. The van der Waals surface area contributed by atoms with E-state index in [0.29, 0.717) is 5.56 Å². The van der Waals surface area contributed by atoms with Gasteiger partial charge < -0.3 is 10.3 Å². The van der Waals surface area contributed by atoms with Crippen LogP contribution in [0.2, 0.25) is 0 Å². The quantitative estimate of drug-likeness (QED) is 0.703. The zero-order valence-corrected chi connectivity index (χ0v) is 12.0. The predicted molar refractivity (Wildman–Crippen MR) is 86.9 cm³/mol. The number of nitrogens with one attached hydrogen (secondary N) is 2. The Labute approximate surface area is 128 Å². The molecule has 0 radical (unpaired) electrons. The van der Waals surface area contributed by atoms with Crippen LogP contribution in [0.25, 0.3) is 10.9 Å². The van der Waals surface area contributed by atoms with E-state index < -0.39 is 0 Å². The van der Waals surface area contributed by atoms with Gasteiger partial charge in [-0.05, 0) is 18.2 Å². The molecule has 0 spiro atoms. The third-order valence-electron chi connectivity index (χ3n) is 3.53. The number of rotatable bonds is 5. The van der Waals surface area contributed by atoms with Crippen molar-refractivity contribution in [1.29, 1.82) is 0 Å². The van der Waals surface area contributed by atoms with Crippen LogP contribution in [0.3, 0.4) is 0 Å². The predicted octanol–water partition coefficient (Wildman–Crippen LogP) is 3.77. The molecule has 4 heteroatoms. The second kappa shape index (κ2) is 6.26. The Balaban J connectivity index is 1.61. The van der Waals surface area contributed by atoms with Crippen LogP contribution in [-0.2, 0) is 4.79 Å². The molecule has 1 heterocycles. The number of para-hydroxylation sites is 2. The zero-order chi connectivity index (χ0) is 15.4. The highest BCUT2D eigenvalue weighted by molar-refractivity contribution is 6.09. The fourth-order valence-corrected chi connectivity index (χ4v) is 2.41. The van der Waals surface area contributed by atoms with Gasteiger partial charge in [0, 0.05) is 41.2 Å². The molecule has 0 unspecified atom stereocenters. The van der Waals surface area contributed by atoms with Gasteiger partial charge in [0.1, 0.15) is 0 Å². The molecule has 2 N–H and O–H groups in total. The van der Waals surface area contributed by atoms with E-state index in [1.807, 2.05) is 54.6 Å². The molecule has 22 heavy (non-hydrogen) atoms. The number of hydrogen-bond acceptors (Lipinski definition) is 2. The number of carbonyl (C=O) groups excluding carboxylic acids is 2. The Hall–Kier alpha value is -2.88. The van der Waals surface area contributed by atoms with E-state index in [1.165, 1.54) is 0 Å². The Kier molecular flexibility index (Phi) is 4.01. The maximum absolute atomic E-state index is 12.3. The van der Waals surface area contributed by atoms with Crippen molar-refractivity contribution in [2.75, 3.05) is 5.32 Å². The van der Waals surface area contributed by atoms with Gasteiger partial charge in [-0.25, -0.2) is 0 Å². The summed E-state index contributed by atoms with van der Waals surface area (Å²) in [5.41, 5.74) is 2.31. The van der Waals surface area contributed by atoms with Crippen molar-refractivity contribution in [3.63, 3.8) is 0 Å². The van der Waals surface area contributed by atoms with Gasteiger partial charge in [0.2, 0.25) is 5.91 Å². The monoisotopic (exact) mass is 292 g/mol. The third kappa shape index (κ3) is 3.06. The Morgan fingerprint density at radius 1 is 0.909 bits per heavy atom. The topological polar surface area (TPSA) is 62.0 Å². The van der Waals surface area contributed by atoms with E-state index in [9.17, 15) is 9.59 Å². The van der Waals surface area contributed by atoms with Crippen LogP contribution in [0.5, 0.6) is 0 Å². The average Bonchev–Trinajstić information content (AvgIpc) is 2.98. The lowest BCUT2D eigenvalue weighted by atomic mass is 10.1. The molecule has 0 aliphatic rings. The van der Waals surface area contributed by atoms with Crippen LogP contribution in [0.1, 0.15) is 23.2 Å². The van der Waals surface area contributed by atoms with Crippen LogP contribution in [0.4, 0.5) is 5.69 Å². The van der Waals surface area contributed by atoms with Crippen LogP contribution < -0.4 is 5.32 Å². The molecule has 0 fully saturated rings. The number of aromatic nitrogens is 1. The molecule has 0 saturated heterocycles. The molecule has 0 aliphatic carbocycles. The van der Waals surface area contributed by atoms with Gasteiger partial charge in [0.25, 0.3) is 0 Å². The summed E-state index contributed by atoms with van der Waals surface area (Å²) < 4.78 is 0. The van der Waals surface area contributed by atoms with E-state index in [4.69, 9.17) is 0 Å². The van der Waals surface area contributed by atoms with Gasteiger partial charge in [-0.3, -0.25) is 9.59 Å². The molecule has 3 rings (SSSR count). The number of fused-ring (bicyclic) bond motifs is 1. The average molecular weight is 292 g/mol. The van der Waals surface area contributed by atoms with Crippen molar-refractivity contribution in [1.82, 2.24) is 4.98 Å². The molecular weight excluding hydrogens is 276 g/mol. The van der Waals surface area contributed by atoms with Gasteiger partial charge in [0.15, 0.2) is 5.78 Å². The van der Waals surface area contributed by atoms with Crippen LogP contribution >= 0.6 is 0 Å². The lowest BCUT2D eigenvalue weighted by Gasteiger charge is -2.04. The van der Waals surface area contributed by atoms with Gasteiger partial charge >= 0.3 is 0 Å². The van der Waals surface area contributed by atoms with Crippen molar-refractivity contribution in [2.45, 2.75) is 12.8 Å². The van der Waals surface area contributed by atoms with E-state index >= 15 is 0 Å². The van der Waals surface area contributed by atoms with Crippen LogP contribution in [0, 0.1) is 0 Å². The first kappa shape index (κ1) is 14.1. The highest BCUT2D eigenvalue weighted by atomic mass is 16.2. The Bertz CT molecular complexity index is 806. The first-order valence-electron chi connectivity index (χ1n) is 7.18. The fraction of sp³-hybridized carbons (Fsp3) is 0.111. The van der Waals surface area contributed by atoms with Gasteiger partial charge in [-0.15, -0.1) is 0 Å². The van der Waals surface area contributed by atoms with E-state index in [1.54, 1.807) is 6.20 Å². The number of Topliss-reactive ketones (excluding diaryl/α,β-unsaturated/α-hetero) is 1. The molecule has 0 bridgehead atoms. The zero-order valence-electron chi connectivity index (χ0n) is 12.0. The highest BCUT2D eigenvalue weighted by Crippen LogP contribution is 2.19. The van der Waals surface area contributed by atoms with Crippen molar-refractivity contribution in [3.05, 3.63) is 66.4 Å². The minimum atomic E-state index is -0.153. The van der Waals surface area contributed by atoms with Crippen molar-refractivity contribution in [2.24, 2.45) is 0 Å². The molecule has 0 saturated carbocycles. The fourth-order valence-electron chi connectivity index (χ4n) is 2.41. The van der Waals surface area contributed by atoms with Crippen molar-refractivity contribution < 1.29 is 9.59 Å². The summed E-state index contributed by atoms with van der Waals surface area (Å²) in [6.45, 7) is 0. The molecular formula is C18H16N2O2. The molecule has 1 aromatic heterocycles. The Morgan fingerprint density at radius 2 is 1.64 bits per heavy atom. The standard InChI is InChI=1S/C18H16N2O2/c21-17(15-12-19-16-9-5-4-8-14(15)16)10-11-18(22)20-13-6-2-1-3-7-13/h1-9,12,19H,10-11H2,(H,20,22).